The maximum Gasteiger partial charge on any atom is 0.184 e. The zero-order valence-electron chi connectivity index (χ0n) is 10.7. The van der Waals surface area contributed by atoms with Gasteiger partial charge in [-0.05, 0) is 42.8 Å². The number of para-hydroxylation sites is 1. The molecule has 0 amide bonds. The zero-order valence-corrected chi connectivity index (χ0v) is 10.7. The van der Waals surface area contributed by atoms with Gasteiger partial charge in [-0.3, -0.25) is 0 Å². The Morgan fingerprint density at radius 2 is 1.53 bits per heavy atom. The monoisotopic (exact) mass is 253 g/mol. The quantitative estimate of drug-likeness (QED) is 0.803. The fourth-order valence-corrected chi connectivity index (χ4v) is 1.58. The fraction of sp³-hybridized carbons (Fsp3) is 0.188. The zero-order chi connectivity index (χ0) is 13.5. The van der Waals surface area contributed by atoms with E-state index in [1.165, 1.54) is 0 Å². The smallest absolute Gasteiger partial charge is 0.184 e. The highest BCUT2D eigenvalue weighted by molar-refractivity contribution is 5.35. The lowest BCUT2D eigenvalue weighted by Crippen LogP contribution is -2.11. The molecule has 0 aliphatic rings. The SMILES string of the molecule is CCC(C#N)Oc1ccc(Oc2ccccc2)cc1. The normalized spacial score (nSPS) is 11.4. The lowest BCUT2D eigenvalue weighted by Gasteiger charge is -2.11. The minimum atomic E-state index is -0.402. The Kier molecular flexibility index (Phi) is 4.41. The number of benzene rings is 2. The Hall–Kier alpha value is -2.47. The van der Waals surface area contributed by atoms with E-state index in [4.69, 9.17) is 14.7 Å². The van der Waals surface area contributed by atoms with Gasteiger partial charge in [0.15, 0.2) is 6.10 Å². The van der Waals surface area contributed by atoms with E-state index in [1.807, 2.05) is 49.4 Å². The van der Waals surface area contributed by atoms with Crippen LogP contribution in [0.2, 0.25) is 0 Å². The van der Waals surface area contributed by atoms with Crippen molar-refractivity contribution in [2.75, 3.05) is 0 Å². The van der Waals surface area contributed by atoms with Crippen molar-refractivity contribution in [1.29, 1.82) is 5.26 Å². The molecule has 0 N–H and O–H groups in total. The van der Waals surface area contributed by atoms with Crippen LogP contribution in [-0.4, -0.2) is 6.10 Å². The van der Waals surface area contributed by atoms with Gasteiger partial charge in [0, 0.05) is 0 Å². The molecule has 2 aromatic carbocycles. The van der Waals surface area contributed by atoms with E-state index in [2.05, 4.69) is 6.07 Å². The molecule has 19 heavy (non-hydrogen) atoms. The molecule has 2 aromatic rings. The first-order chi connectivity index (χ1) is 9.31. The van der Waals surface area contributed by atoms with Crippen molar-refractivity contribution >= 4 is 0 Å². The Morgan fingerprint density at radius 3 is 2.11 bits per heavy atom. The standard InChI is InChI=1S/C16H15NO2/c1-2-13(12-17)18-15-8-10-16(11-9-15)19-14-6-4-3-5-7-14/h3-11,13H,2H2,1H3. The van der Waals surface area contributed by atoms with Crippen molar-refractivity contribution in [2.24, 2.45) is 0 Å². The third kappa shape index (κ3) is 3.75. The first kappa shape index (κ1) is 13.0. The summed E-state index contributed by atoms with van der Waals surface area (Å²) in [4.78, 5) is 0. The van der Waals surface area contributed by atoms with Crippen molar-refractivity contribution in [3.8, 4) is 23.3 Å². The van der Waals surface area contributed by atoms with Gasteiger partial charge in [-0.1, -0.05) is 25.1 Å². The van der Waals surface area contributed by atoms with E-state index in [1.54, 1.807) is 12.1 Å². The van der Waals surface area contributed by atoms with E-state index in [-0.39, 0.29) is 0 Å². The molecule has 1 unspecified atom stereocenters. The second-order valence-electron chi connectivity index (χ2n) is 4.03. The van der Waals surface area contributed by atoms with Crippen molar-refractivity contribution in [3.05, 3.63) is 54.6 Å². The minimum Gasteiger partial charge on any atom is -0.476 e. The lowest BCUT2D eigenvalue weighted by atomic mass is 10.3. The molecule has 0 aliphatic heterocycles. The van der Waals surface area contributed by atoms with Crippen LogP contribution in [0.5, 0.6) is 17.2 Å². The van der Waals surface area contributed by atoms with E-state index < -0.39 is 6.10 Å². The van der Waals surface area contributed by atoms with Crippen LogP contribution in [0.4, 0.5) is 0 Å². The van der Waals surface area contributed by atoms with Crippen molar-refractivity contribution in [3.63, 3.8) is 0 Å². The Balaban J connectivity index is 2.01. The highest BCUT2D eigenvalue weighted by Gasteiger charge is 2.05. The van der Waals surface area contributed by atoms with Gasteiger partial charge < -0.3 is 9.47 Å². The van der Waals surface area contributed by atoms with Crippen LogP contribution >= 0.6 is 0 Å². The number of nitriles is 1. The third-order valence-electron chi connectivity index (χ3n) is 2.60. The lowest BCUT2D eigenvalue weighted by molar-refractivity contribution is 0.251. The predicted molar refractivity (Wildman–Crippen MR) is 73.3 cm³/mol. The second-order valence-corrected chi connectivity index (χ2v) is 4.03. The summed E-state index contributed by atoms with van der Waals surface area (Å²) < 4.78 is 11.2. The first-order valence-corrected chi connectivity index (χ1v) is 6.21. The molecule has 0 radical (unpaired) electrons. The molecule has 3 heteroatoms. The van der Waals surface area contributed by atoms with Crippen LogP contribution in [0.15, 0.2) is 54.6 Å². The van der Waals surface area contributed by atoms with E-state index in [0.29, 0.717) is 12.2 Å². The highest BCUT2D eigenvalue weighted by Crippen LogP contribution is 2.24. The maximum absolute atomic E-state index is 8.84. The minimum absolute atomic E-state index is 0.402. The van der Waals surface area contributed by atoms with Gasteiger partial charge in [0.1, 0.15) is 23.3 Å². The summed E-state index contributed by atoms with van der Waals surface area (Å²) in [7, 11) is 0. The highest BCUT2D eigenvalue weighted by atomic mass is 16.5. The van der Waals surface area contributed by atoms with Crippen LogP contribution in [0, 0.1) is 11.3 Å². The summed E-state index contributed by atoms with van der Waals surface area (Å²) in [6.07, 6.45) is 0.263. The molecule has 3 nitrogen and oxygen atoms in total. The summed E-state index contributed by atoms with van der Waals surface area (Å²) in [6.45, 7) is 1.92. The van der Waals surface area contributed by atoms with E-state index in [9.17, 15) is 0 Å². The predicted octanol–water partition coefficient (Wildman–Crippen LogP) is 4.16. The number of nitrogens with zero attached hydrogens (tertiary/aromatic N) is 1. The Labute approximate surface area is 113 Å². The molecule has 2 rings (SSSR count). The van der Waals surface area contributed by atoms with Crippen molar-refractivity contribution in [1.82, 2.24) is 0 Å². The summed E-state index contributed by atoms with van der Waals surface area (Å²) in [5.74, 6) is 2.21. The van der Waals surface area contributed by atoms with Crippen LogP contribution in [0.3, 0.4) is 0 Å². The van der Waals surface area contributed by atoms with Gasteiger partial charge in [-0.2, -0.15) is 5.26 Å². The maximum atomic E-state index is 8.84. The van der Waals surface area contributed by atoms with Crippen LogP contribution < -0.4 is 9.47 Å². The molecule has 0 aromatic heterocycles. The van der Waals surface area contributed by atoms with Crippen LogP contribution in [-0.2, 0) is 0 Å². The van der Waals surface area contributed by atoms with Crippen LogP contribution in [0.25, 0.3) is 0 Å². The molecule has 0 heterocycles. The average molecular weight is 253 g/mol. The topological polar surface area (TPSA) is 42.2 Å². The molecule has 0 fully saturated rings. The summed E-state index contributed by atoms with van der Waals surface area (Å²) in [6, 6.07) is 18.9. The van der Waals surface area contributed by atoms with E-state index in [0.717, 1.165) is 11.5 Å². The third-order valence-corrected chi connectivity index (χ3v) is 2.60. The van der Waals surface area contributed by atoms with Crippen LogP contribution in [0.1, 0.15) is 13.3 Å². The van der Waals surface area contributed by atoms with Gasteiger partial charge in [0.2, 0.25) is 0 Å². The summed E-state index contributed by atoms with van der Waals surface area (Å²) in [5, 5.41) is 8.84. The van der Waals surface area contributed by atoms with Gasteiger partial charge >= 0.3 is 0 Å². The molecule has 0 saturated carbocycles. The summed E-state index contributed by atoms with van der Waals surface area (Å²) in [5.41, 5.74) is 0. The molecule has 0 spiro atoms. The molecule has 0 saturated heterocycles. The van der Waals surface area contributed by atoms with Gasteiger partial charge in [0.25, 0.3) is 0 Å². The molecular formula is C16H15NO2. The number of hydrogen-bond donors (Lipinski definition) is 0. The number of hydrogen-bond acceptors (Lipinski definition) is 3. The van der Waals surface area contributed by atoms with Crippen molar-refractivity contribution in [2.45, 2.75) is 19.4 Å². The second kappa shape index (κ2) is 6.46. The Morgan fingerprint density at radius 1 is 0.947 bits per heavy atom. The summed E-state index contributed by atoms with van der Waals surface area (Å²) >= 11 is 0. The Bertz CT molecular complexity index is 543. The molecule has 1 atom stereocenters. The molecule has 0 aliphatic carbocycles. The van der Waals surface area contributed by atoms with Gasteiger partial charge in [-0.25, -0.2) is 0 Å². The average Bonchev–Trinajstić information content (AvgIpc) is 2.47. The van der Waals surface area contributed by atoms with Crippen molar-refractivity contribution < 1.29 is 9.47 Å². The van der Waals surface area contributed by atoms with E-state index >= 15 is 0 Å². The molecular weight excluding hydrogens is 238 g/mol. The number of ether oxygens (including phenoxy) is 2. The number of rotatable bonds is 5. The fourth-order valence-electron chi connectivity index (χ4n) is 1.58. The molecule has 0 bridgehead atoms. The largest absolute Gasteiger partial charge is 0.476 e. The van der Waals surface area contributed by atoms with Gasteiger partial charge in [-0.15, -0.1) is 0 Å². The van der Waals surface area contributed by atoms with Gasteiger partial charge in [0.05, 0.1) is 0 Å². The molecule has 96 valence electrons. The first-order valence-electron chi connectivity index (χ1n) is 6.21.